The fraction of sp³-hybridized carbons (Fsp3) is 0.0667. The second-order valence-electron chi connectivity index (χ2n) is 3.80. The molecular formula is C15H16N3S+. The van der Waals surface area contributed by atoms with Crippen LogP contribution in [0.15, 0.2) is 65.8 Å². The van der Waals surface area contributed by atoms with Gasteiger partial charge in [-0.2, -0.15) is 0 Å². The summed E-state index contributed by atoms with van der Waals surface area (Å²) >= 11 is 1.58. The minimum absolute atomic E-state index is 0.887. The molecule has 0 aliphatic carbocycles. The van der Waals surface area contributed by atoms with Crippen molar-refractivity contribution in [2.45, 2.75) is 0 Å². The van der Waals surface area contributed by atoms with Gasteiger partial charge in [0.05, 0.1) is 6.21 Å². The standard InChI is InChI=1S/C15H15N3S/c1-19-15(17-14-10-6-3-7-11-14)18-16-12-13-8-4-2-5-9-13/h2-12H,1H3,(H,17,18)/p+1. The summed E-state index contributed by atoms with van der Waals surface area (Å²) in [7, 11) is 0. The molecule has 2 rings (SSSR count). The van der Waals surface area contributed by atoms with E-state index >= 15 is 0 Å². The Morgan fingerprint density at radius 3 is 2.32 bits per heavy atom. The molecule has 0 aliphatic heterocycles. The highest BCUT2D eigenvalue weighted by atomic mass is 32.2. The van der Waals surface area contributed by atoms with E-state index in [-0.39, 0.29) is 0 Å². The lowest BCUT2D eigenvalue weighted by Crippen LogP contribution is -2.68. The number of hydrogen-bond acceptors (Lipinski definition) is 2. The van der Waals surface area contributed by atoms with E-state index in [1.807, 2.05) is 66.9 Å². The van der Waals surface area contributed by atoms with E-state index in [2.05, 4.69) is 15.5 Å². The maximum Gasteiger partial charge on any atom is 0.334 e. The topological polar surface area (TPSA) is 38.4 Å². The van der Waals surface area contributed by atoms with Crippen molar-refractivity contribution in [1.82, 2.24) is 5.43 Å². The van der Waals surface area contributed by atoms with Gasteiger partial charge < -0.3 is 0 Å². The highest BCUT2D eigenvalue weighted by Crippen LogP contribution is 1.97. The predicted octanol–water partition coefficient (Wildman–Crippen LogP) is 1.74. The first-order valence-corrected chi connectivity index (χ1v) is 7.18. The largest absolute Gasteiger partial charge is 0.334 e. The molecule has 0 unspecified atom stereocenters. The molecule has 2 aromatic carbocycles. The van der Waals surface area contributed by atoms with Crippen molar-refractivity contribution < 1.29 is 4.99 Å². The number of nitrogens with zero attached hydrogens (tertiary/aromatic N) is 1. The third-order valence-corrected chi connectivity index (χ3v) is 3.02. The number of thioether (sulfide) groups is 1. The van der Waals surface area contributed by atoms with E-state index in [1.165, 1.54) is 0 Å². The van der Waals surface area contributed by atoms with Gasteiger partial charge >= 0.3 is 5.17 Å². The van der Waals surface area contributed by atoms with Crippen molar-refractivity contribution >= 4 is 28.8 Å². The summed E-state index contributed by atoms with van der Waals surface area (Å²) in [5.41, 5.74) is 5.11. The van der Waals surface area contributed by atoms with Crippen LogP contribution in [0.2, 0.25) is 0 Å². The van der Waals surface area contributed by atoms with Crippen LogP contribution in [0.25, 0.3) is 0 Å². The summed E-state index contributed by atoms with van der Waals surface area (Å²) in [6, 6.07) is 20.0. The molecule has 0 amide bonds. The average Bonchev–Trinajstić information content (AvgIpc) is 2.48. The minimum Gasteiger partial charge on any atom is -0.233 e. The fourth-order valence-electron chi connectivity index (χ4n) is 1.48. The third-order valence-electron chi connectivity index (χ3n) is 2.42. The molecule has 96 valence electrons. The van der Waals surface area contributed by atoms with Gasteiger partial charge in [-0.25, -0.2) is 4.99 Å². The average molecular weight is 270 g/mol. The number of hydrazone groups is 1. The first-order valence-electron chi connectivity index (χ1n) is 5.95. The van der Waals surface area contributed by atoms with Crippen molar-refractivity contribution in [3.63, 3.8) is 0 Å². The number of nitrogens with one attached hydrogen (secondary N) is 2. The van der Waals surface area contributed by atoms with Crippen molar-refractivity contribution in [3.05, 3.63) is 66.2 Å². The van der Waals surface area contributed by atoms with Gasteiger partial charge in [0.25, 0.3) is 0 Å². The zero-order valence-corrected chi connectivity index (χ0v) is 11.5. The van der Waals surface area contributed by atoms with Crippen LogP contribution in [0.4, 0.5) is 5.69 Å². The Kier molecular flexibility index (Phi) is 5.19. The SMILES string of the molecule is CSC(NN=Cc1ccccc1)=[NH+]c1ccccc1. The molecule has 0 saturated carbocycles. The molecule has 0 aliphatic rings. The molecule has 2 aromatic rings. The van der Waals surface area contributed by atoms with E-state index in [0.29, 0.717) is 0 Å². The van der Waals surface area contributed by atoms with Crippen LogP contribution in [-0.2, 0) is 0 Å². The van der Waals surface area contributed by atoms with Crippen LogP contribution in [0, 0.1) is 0 Å². The fourth-order valence-corrected chi connectivity index (χ4v) is 1.85. The molecule has 2 N–H and O–H groups in total. The second-order valence-corrected chi connectivity index (χ2v) is 4.62. The van der Waals surface area contributed by atoms with Crippen LogP contribution < -0.4 is 10.4 Å². The van der Waals surface area contributed by atoms with Crippen LogP contribution in [0.1, 0.15) is 5.56 Å². The summed E-state index contributed by atoms with van der Waals surface area (Å²) in [5, 5.41) is 5.10. The van der Waals surface area contributed by atoms with Gasteiger partial charge in [0.15, 0.2) is 0 Å². The van der Waals surface area contributed by atoms with E-state index in [9.17, 15) is 0 Å². The highest BCUT2D eigenvalue weighted by Gasteiger charge is 2.02. The zero-order valence-electron chi connectivity index (χ0n) is 10.7. The highest BCUT2D eigenvalue weighted by molar-refractivity contribution is 8.12. The molecule has 0 heterocycles. The van der Waals surface area contributed by atoms with E-state index in [4.69, 9.17) is 0 Å². The molecule has 4 heteroatoms. The monoisotopic (exact) mass is 270 g/mol. The lowest BCUT2D eigenvalue weighted by Gasteiger charge is -1.95. The lowest BCUT2D eigenvalue weighted by molar-refractivity contribution is -0.352. The van der Waals surface area contributed by atoms with Crippen molar-refractivity contribution in [2.75, 3.05) is 6.26 Å². The van der Waals surface area contributed by atoms with Gasteiger partial charge in [0.2, 0.25) is 0 Å². The quantitative estimate of drug-likeness (QED) is 0.506. The summed E-state index contributed by atoms with van der Waals surface area (Å²) in [5.74, 6) is 0. The number of hydrogen-bond donors (Lipinski definition) is 2. The predicted molar refractivity (Wildman–Crippen MR) is 82.8 cm³/mol. The maximum atomic E-state index is 4.21. The molecule has 0 bridgehead atoms. The molecule has 0 spiro atoms. The Bertz CT molecular complexity index is 550. The van der Waals surface area contributed by atoms with Crippen molar-refractivity contribution in [3.8, 4) is 0 Å². The van der Waals surface area contributed by atoms with Gasteiger partial charge in [0.1, 0.15) is 5.69 Å². The summed E-state index contributed by atoms with van der Waals surface area (Å²) in [4.78, 5) is 3.27. The second kappa shape index (κ2) is 7.38. The normalized spacial score (nSPS) is 11.7. The van der Waals surface area contributed by atoms with Crippen LogP contribution in [-0.4, -0.2) is 17.6 Å². The summed E-state index contributed by atoms with van der Waals surface area (Å²) in [6.45, 7) is 0. The molecule has 0 atom stereocenters. The molecule has 0 fully saturated rings. The van der Waals surface area contributed by atoms with Gasteiger partial charge in [-0.05, 0) is 35.7 Å². The third kappa shape index (κ3) is 4.60. The van der Waals surface area contributed by atoms with Gasteiger partial charge in [-0.3, -0.25) is 0 Å². The van der Waals surface area contributed by atoms with E-state index in [0.717, 1.165) is 16.4 Å². The lowest BCUT2D eigenvalue weighted by atomic mass is 10.2. The number of benzene rings is 2. The Hall–Kier alpha value is -2.07. The van der Waals surface area contributed by atoms with Crippen molar-refractivity contribution in [1.29, 1.82) is 0 Å². The van der Waals surface area contributed by atoms with Crippen LogP contribution in [0.5, 0.6) is 0 Å². The van der Waals surface area contributed by atoms with Gasteiger partial charge in [-0.15, -0.1) is 5.43 Å². The molecular weight excluding hydrogens is 254 g/mol. The summed E-state index contributed by atoms with van der Waals surface area (Å²) in [6.07, 6.45) is 3.79. The van der Waals surface area contributed by atoms with Crippen LogP contribution >= 0.6 is 11.8 Å². The van der Waals surface area contributed by atoms with Crippen LogP contribution in [0.3, 0.4) is 0 Å². The molecule has 0 radical (unpaired) electrons. The Labute approximate surface area is 117 Å². The number of amidine groups is 1. The molecule has 3 nitrogen and oxygen atoms in total. The first kappa shape index (κ1) is 13.4. The van der Waals surface area contributed by atoms with Gasteiger partial charge in [-0.1, -0.05) is 53.6 Å². The molecule has 0 saturated heterocycles. The number of rotatable bonds is 3. The smallest absolute Gasteiger partial charge is 0.233 e. The molecule has 19 heavy (non-hydrogen) atoms. The van der Waals surface area contributed by atoms with E-state index < -0.39 is 0 Å². The van der Waals surface area contributed by atoms with Crippen molar-refractivity contribution in [2.24, 2.45) is 5.10 Å². The Morgan fingerprint density at radius 2 is 1.68 bits per heavy atom. The minimum atomic E-state index is 0.887. The zero-order chi connectivity index (χ0) is 13.3. The van der Waals surface area contributed by atoms with Gasteiger partial charge in [0, 0.05) is 0 Å². The Balaban J connectivity index is 2.00. The summed E-state index contributed by atoms with van der Waals surface area (Å²) < 4.78 is 0. The molecule has 0 aromatic heterocycles. The maximum absolute atomic E-state index is 4.21. The number of para-hydroxylation sites is 1. The van der Waals surface area contributed by atoms with E-state index in [1.54, 1.807) is 18.0 Å². The Morgan fingerprint density at radius 1 is 1.05 bits per heavy atom. The first-order chi connectivity index (χ1) is 9.38.